The van der Waals surface area contributed by atoms with E-state index in [1.165, 1.54) is 0 Å². The van der Waals surface area contributed by atoms with Crippen LogP contribution in [-0.2, 0) is 16.0 Å². The molecule has 23 heavy (non-hydrogen) atoms. The number of methoxy groups -OCH3 is 2. The summed E-state index contributed by atoms with van der Waals surface area (Å²) in [7, 11) is 3.10. The first-order valence-corrected chi connectivity index (χ1v) is 7.43. The van der Waals surface area contributed by atoms with Crippen LogP contribution in [0.5, 0.6) is 0 Å². The Hall–Kier alpha value is -1.09. The predicted octanol–water partition coefficient (Wildman–Crippen LogP) is 1.08. The van der Waals surface area contributed by atoms with E-state index in [-0.39, 0.29) is 36.7 Å². The van der Waals surface area contributed by atoms with E-state index in [0.29, 0.717) is 18.5 Å². The second-order valence-electron chi connectivity index (χ2n) is 5.61. The number of rotatable bonds is 9. The summed E-state index contributed by atoms with van der Waals surface area (Å²) in [4.78, 5) is 4.48. The highest BCUT2D eigenvalue weighted by Crippen LogP contribution is 2.18. The van der Waals surface area contributed by atoms with Crippen LogP contribution in [0.25, 0.3) is 0 Å². The maximum Gasteiger partial charge on any atom is 0.192 e. The zero-order valence-corrected chi connectivity index (χ0v) is 15.3. The Balaban J connectivity index is 0.00000264. The van der Waals surface area contributed by atoms with E-state index in [0.717, 1.165) is 18.6 Å². The van der Waals surface area contributed by atoms with Crippen molar-refractivity contribution in [3.8, 4) is 0 Å². The Kier molecular flexibility index (Phi) is 8.60. The van der Waals surface area contributed by atoms with Crippen molar-refractivity contribution in [3.05, 3.63) is 24.2 Å². The van der Waals surface area contributed by atoms with Crippen LogP contribution in [0.1, 0.15) is 18.6 Å². The zero-order valence-electron chi connectivity index (χ0n) is 13.6. The predicted molar refractivity (Wildman–Crippen MR) is 93.0 cm³/mol. The summed E-state index contributed by atoms with van der Waals surface area (Å²) in [6.07, 6.45) is 3.91. The number of hydrogen-bond donors (Lipinski definition) is 3. The fraction of sp³-hybridized carbons (Fsp3) is 0.667. The smallest absolute Gasteiger partial charge is 0.192 e. The Labute approximate surface area is 147 Å². The summed E-state index contributed by atoms with van der Waals surface area (Å²) in [6, 6.07) is 4.17. The summed E-state index contributed by atoms with van der Waals surface area (Å²) in [5, 5.41) is 16.9. The van der Waals surface area contributed by atoms with E-state index < -0.39 is 5.60 Å². The Bertz CT molecular complexity index is 457. The van der Waals surface area contributed by atoms with Crippen LogP contribution in [0.3, 0.4) is 0 Å². The van der Waals surface area contributed by atoms with Crippen LogP contribution >= 0.6 is 17.0 Å². The number of aliphatic hydroxyl groups is 1. The highest BCUT2D eigenvalue weighted by atomic mass is 79.9. The van der Waals surface area contributed by atoms with Gasteiger partial charge in [0.15, 0.2) is 5.96 Å². The van der Waals surface area contributed by atoms with Crippen LogP contribution in [-0.4, -0.2) is 56.7 Å². The molecule has 1 aromatic heterocycles. The van der Waals surface area contributed by atoms with Crippen molar-refractivity contribution >= 4 is 22.9 Å². The largest absolute Gasteiger partial charge is 0.467 e. The number of ether oxygens (including phenoxy) is 2. The minimum Gasteiger partial charge on any atom is -0.467 e. The maximum absolute atomic E-state index is 10.4. The van der Waals surface area contributed by atoms with Crippen molar-refractivity contribution in [2.45, 2.75) is 31.0 Å². The fourth-order valence-electron chi connectivity index (χ4n) is 2.06. The molecular formula is C15H26BrN3O4. The molecule has 132 valence electrons. The number of nitrogens with zero attached hydrogens (tertiary/aromatic N) is 1. The van der Waals surface area contributed by atoms with Gasteiger partial charge in [-0.25, -0.2) is 4.99 Å². The lowest BCUT2D eigenvalue weighted by Gasteiger charge is -2.27. The third-order valence-electron chi connectivity index (χ3n) is 3.30. The SMILES string of the molecule is Br.COCC(O)(CNC(=NCc1ccco1)NC1CC1)COC. The van der Waals surface area contributed by atoms with E-state index in [2.05, 4.69) is 15.6 Å². The quantitative estimate of drug-likeness (QED) is 0.431. The van der Waals surface area contributed by atoms with E-state index in [1.807, 2.05) is 12.1 Å². The molecule has 0 amide bonds. The number of hydrogen-bond acceptors (Lipinski definition) is 5. The first-order valence-electron chi connectivity index (χ1n) is 7.43. The standard InChI is InChI=1S/C15H25N3O4.BrH/c1-20-10-15(19,11-21-2)9-17-14(18-12-5-6-12)16-8-13-4-3-7-22-13;/h3-4,7,12,19H,5-6,8-11H2,1-2H3,(H2,16,17,18);1H. The minimum absolute atomic E-state index is 0. The molecule has 2 rings (SSSR count). The molecule has 0 spiro atoms. The summed E-state index contributed by atoms with van der Waals surface area (Å²) in [5.41, 5.74) is -1.10. The van der Waals surface area contributed by atoms with Gasteiger partial charge < -0.3 is 29.6 Å². The molecule has 0 saturated heterocycles. The van der Waals surface area contributed by atoms with Gasteiger partial charge in [0.2, 0.25) is 0 Å². The van der Waals surface area contributed by atoms with Gasteiger partial charge in [0.05, 0.1) is 26.0 Å². The second kappa shape index (κ2) is 9.92. The monoisotopic (exact) mass is 391 g/mol. The van der Waals surface area contributed by atoms with Crippen molar-refractivity contribution in [2.24, 2.45) is 4.99 Å². The molecule has 1 aromatic rings. The molecule has 1 saturated carbocycles. The molecule has 0 aromatic carbocycles. The van der Waals surface area contributed by atoms with E-state index in [1.54, 1.807) is 20.5 Å². The first kappa shape index (κ1) is 20.0. The van der Waals surface area contributed by atoms with Gasteiger partial charge in [0.25, 0.3) is 0 Å². The topological polar surface area (TPSA) is 88.3 Å². The highest BCUT2D eigenvalue weighted by molar-refractivity contribution is 8.93. The van der Waals surface area contributed by atoms with Gasteiger partial charge in [-0.15, -0.1) is 17.0 Å². The number of halogens is 1. The van der Waals surface area contributed by atoms with Crippen LogP contribution in [0, 0.1) is 0 Å². The molecule has 7 nitrogen and oxygen atoms in total. The number of furan rings is 1. The minimum atomic E-state index is -1.10. The number of aliphatic imine (C=N–C) groups is 1. The average molecular weight is 392 g/mol. The summed E-state index contributed by atoms with van der Waals surface area (Å²) in [5.74, 6) is 1.45. The van der Waals surface area contributed by atoms with Gasteiger partial charge in [-0.05, 0) is 25.0 Å². The van der Waals surface area contributed by atoms with Gasteiger partial charge in [0.1, 0.15) is 17.9 Å². The molecule has 3 N–H and O–H groups in total. The molecule has 8 heteroatoms. The van der Waals surface area contributed by atoms with Crippen molar-refractivity contribution in [1.82, 2.24) is 10.6 Å². The van der Waals surface area contributed by atoms with Crippen LogP contribution in [0.2, 0.25) is 0 Å². The van der Waals surface area contributed by atoms with Crippen molar-refractivity contribution in [3.63, 3.8) is 0 Å². The summed E-state index contributed by atoms with van der Waals surface area (Å²) in [6.45, 7) is 1.10. The highest BCUT2D eigenvalue weighted by Gasteiger charge is 2.28. The molecular weight excluding hydrogens is 366 g/mol. The van der Waals surface area contributed by atoms with Crippen molar-refractivity contribution in [1.29, 1.82) is 0 Å². The number of guanidine groups is 1. The summed E-state index contributed by atoms with van der Waals surface area (Å²) >= 11 is 0. The lowest BCUT2D eigenvalue weighted by atomic mass is 10.1. The third-order valence-corrected chi connectivity index (χ3v) is 3.30. The Morgan fingerprint density at radius 2 is 2.09 bits per heavy atom. The molecule has 1 heterocycles. The Morgan fingerprint density at radius 1 is 1.39 bits per heavy atom. The summed E-state index contributed by atoms with van der Waals surface area (Å²) < 4.78 is 15.4. The van der Waals surface area contributed by atoms with Gasteiger partial charge in [-0.3, -0.25) is 0 Å². The number of nitrogens with one attached hydrogen (secondary N) is 2. The molecule has 0 bridgehead atoms. The molecule has 0 aliphatic heterocycles. The zero-order chi connectivity index (χ0) is 15.8. The van der Waals surface area contributed by atoms with Crippen molar-refractivity contribution in [2.75, 3.05) is 34.0 Å². The van der Waals surface area contributed by atoms with Gasteiger partial charge >= 0.3 is 0 Å². The van der Waals surface area contributed by atoms with E-state index >= 15 is 0 Å². The first-order chi connectivity index (χ1) is 10.6. The second-order valence-corrected chi connectivity index (χ2v) is 5.61. The van der Waals surface area contributed by atoms with Gasteiger partial charge in [-0.1, -0.05) is 0 Å². The fourth-order valence-corrected chi connectivity index (χ4v) is 2.06. The van der Waals surface area contributed by atoms with Gasteiger partial charge in [-0.2, -0.15) is 0 Å². The van der Waals surface area contributed by atoms with Crippen LogP contribution < -0.4 is 10.6 Å². The molecule has 0 unspecified atom stereocenters. The lowest BCUT2D eigenvalue weighted by molar-refractivity contribution is -0.0730. The molecule has 0 radical (unpaired) electrons. The van der Waals surface area contributed by atoms with Crippen molar-refractivity contribution < 1.29 is 19.0 Å². The van der Waals surface area contributed by atoms with E-state index in [9.17, 15) is 5.11 Å². The van der Waals surface area contributed by atoms with Crippen LogP contribution in [0.4, 0.5) is 0 Å². The molecule has 0 atom stereocenters. The Morgan fingerprint density at radius 3 is 2.61 bits per heavy atom. The molecule has 1 aliphatic rings. The average Bonchev–Trinajstić information content (AvgIpc) is 3.14. The maximum atomic E-state index is 10.4. The van der Waals surface area contributed by atoms with Gasteiger partial charge in [0, 0.05) is 20.3 Å². The van der Waals surface area contributed by atoms with Crippen LogP contribution in [0.15, 0.2) is 27.8 Å². The molecule has 1 fully saturated rings. The van der Waals surface area contributed by atoms with E-state index in [4.69, 9.17) is 13.9 Å². The normalized spacial score (nSPS) is 15.2. The lowest BCUT2D eigenvalue weighted by Crippen LogP contribution is -2.52. The third kappa shape index (κ3) is 7.34. The molecule has 1 aliphatic carbocycles.